The zero-order valence-electron chi connectivity index (χ0n) is 17.9. The number of hydrogen-bond donors (Lipinski definition) is 2. The first kappa shape index (κ1) is 23.2. The summed E-state index contributed by atoms with van der Waals surface area (Å²) in [4.78, 5) is 48.5. The number of anilines is 2. The molecule has 0 aromatic heterocycles. The second-order valence-corrected chi connectivity index (χ2v) is 6.95. The minimum absolute atomic E-state index is 0.133. The van der Waals surface area contributed by atoms with Crippen LogP contribution >= 0.6 is 0 Å². The van der Waals surface area contributed by atoms with E-state index in [1.165, 1.54) is 37.4 Å². The lowest BCUT2D eigenvalue weighted by Crippen LogP contribution is -2.22. The van der Waals surface area contributed by atoms with Crippen LogP contribution in [0, 0.1) is 0 Å². The van der Waals surface area contributed by atoms with Crippen LogP contribution < -0.4 is 10.6 Å². The van der Waals surface area contributed by atoms with Gasteiger partial charge in [-0.05, 0) is 42.0 Å². The van der Waals surface area contributed by atoms with Crippen molar-refractivity contribution in [1.29, 1.82) is 0 Å². The molecule has 0 aliphatic rings. The molecule has 0 bridgehead atoms. The molecule has 8 heteroatoms. The van der Waals surface area contributed by atoms with Gasteiger partial charge in [-0.25, -0.2) is 9.59 Å². The van der Waals surface area contributed by atoms with Gasteiger partial charge in [0.1, 0.15) is 0 Å². The molecular weight excluding hydrogens is 424 g/mol. The van der Waals surface area contributed by atoms with Gasteiger partial charge in [-0.3, -0.25) is 9.59 Å². The van der Waals surface area contributed by atoms with Crippen LogP contribution in [0.15, 0.2) is 78.9 Å². The molecule has 3 aromatic carbocycles. The molecule has 0 fully saturated rings. The molecule has 0 unspecified atom stereocenters. The lowest BCUT2D eigenvalue weighted by atomic mass is 10.1. The largest absolute Gasteiger partial charge is 0.465 e. The standard InChI is InChI=1S/C25H22N2O6/c1-32-24(30)18-11-13-19(14-12-18)26-23(29)16-33-25(31)20-9-5-6-10-21(20)27-22(28)15-17-7-3-2-4-8-17/h2-14H,15-16H2,1H3,(H,26,29)(H,27,28). The zero-order valence-corrected chi connectivity index (χ0v) is 17.9. The Hall–Kier alpha value is -4.46. The second-order valence-electron chi connectivity index (χ2n) is 6.95. The fourth-order valence-corrected chi connectivity index (χ4v) is 2.96. The van der Waals surface area contributed by atoms with E-state index in [9.17, 15) is 19.2 Å². The van der Waals surface area contributed by atoms with Crippen LogP contribution in [0.1, 0.15) is 26.3 Å². The number of rotatable bonds is 8. The normalized spacial score (nSPS) is 10.1. The van der Waals surface area contributed by atoms with Gasteiger partial charge in [-0.2, -0.15) is 0 Å². The number of hydrogen-bond acceptors (Lipinski definition) is 6. The van der Waals surface area contributed by atoms with Crippen LogP contribution in [0.3, 0.4) is 0 Å². The summed E-state index contributed by atoms with van der Waals surface area (Å²) in [5, 5.41) is 5.28. The SMILES string of the molecule is COC(=O)c1ccc(NC(=O)COC(=O)c2ccccc2NC(=O)Cc2ccccc2)cc1. The number of methoxy groups -OCH3 is 1. The van der Waals surface area contributed by atoms with Gasteiger partial charge in [0.05, 0.1) is 30.3 Å². The van der Waals surface area contributed by atoms with Gasteiger partial charge in [0.25, 0.3) is 5.91 Å². The number of para-hydroxylation sites is 1. The Bertz CT molecular complexity index is 1140. The Morgan fingerprint density at radius 1 is 0.727 bits per heavy atom. The molecule has 0 heterocycles. The topological polar surface area (TPSA) is 111 Å². The minimum Gasteiger partial charge on any atom is -0.465 e. The third-order valence-electron chi connectivity index (χ3n) is 4.55. The van der Waals surface area contributed by atoms with Gasteiger partial charge in [0, 0.05) is 5.69 Å². The van der Waals surface area contributed by atoms with Crippen LogP contribution in [0.2, 0.25) is 0 Å². The monoisotopic (exact) mass is 446 g/mol. The highest BCUT2D eigenvalue weighted by atomic mass is 16.5. The summed E-state index contributed by atoms with van der Waals surface area (Å²) < 4.78 is 9.72. The zero-order chi connectivity index (χ0) is 23.6. The summed E-state index contributed by atoms with van der Waals surface area (Å²) >= 11 is 0. The second kappa shape index (κ2) is 11.2. The van der Waals surface area contributed by atoms with Crippen molar-refractivity contribution in [3.8, 4) is 0 Å². The molecule has 33 heavy (non-hydrogen) atoms. The smallest absolute Gasteiger partial charge is 0.340 e. The molecule has 0 atom stereocenters. The third-order valence-corrected chi connectivity index (χ3v) is 4.55. The fraction of sp³-hybridized carbons (Fsp3) is 0.120. The molecule has 0 radical (unpaired) electrons. The molecule has 168 valence electrons. The summed E-state index contributed by atoms with van der Waals surface area (Å²) in [5.41, 5.74) is 2.04. The summed E-state index contributed by atoms with van der Waals surface area (Å²) in [6, 6.07) is 21.7. The number of benzene rings is 3. The van der Waals surface area contributed by atoms with Crippen molar-refractivity contribution in [3.05, 3.63) is 95.6 Å². The molecule has 3 rings (SSSR count). The van der Waals surface area contributed by atoms with Gasteiger partial charge in [-0.15, -0.1) is 0 Å². The van der Waals surface area contributed by atoms with E-state index in [0.717, 1.165) is 5.56 Å². The summed E-state index contributed by atoms with van der Waals surface area (Å²) in [7, 11) is 1.28. The first-order chi connectivity index (χ1) is 16.0. The highest BCUT2D eigenvalue weighted by Crippen LogP contribution is 2.17. The van der Waals surface area contributed by atoms with Crippen molar-refractivity contribution >= 4 is 35.1 Å². The first-order valence-corrected chi connectivity index (χ1v) is 10.0. The van der Waals surface area contributed by atoms with Crippen LogP contribution in [0.25, 0.3) is 0 Å². The predicted molar refractivity (Wildman–Crippen MR) is 122 cm³/mol. The number of esters is 2. The summed E-state index contributed by atoms with van der Waals surface area (Å²) in [6.45, 7) is -0.524. The average molecular weight is 446 g/mol. The highest BCUT2D eigenvalue weighted by Gasteiger charge is 2.16. The Kier molecular flexibility index (Phi) is 7.91. The highest BCUT2D eigenvalue weighted by molar-refractivity contribution is 6.03. The van der Waals surface area contributed by atoms with Crippen LogP contribution in [0.5, 0.6) is 0 Å². The van der Waals surface area contributed by atoms with E-state index in [2.05, 4.69) is 15.4 Å². The van der Waals surface area contributed by atoms with Crippen molar-refractivity contribution in [1.82, 2.24) is 0 Å². The van der Waals surface area contributed by atoms with E-state index in [0.29, 0.717) is 16.9 Å². The van der Waals surface area contributed by atoms with Crippen LogP contribution in [0.4, 0.5) is 11.4 Å². The fourth-order valence-electron chi connectivity index (χ4n) is 2.96. The molecular formula is C25H22N2O6. The molecule has 0 saturated heterocycles. The Balaban J connectivity index is 1.55. The van der Waals surface area contributed by atoms with Gasteiger partial charge in [0.2, 0.25) is 5.91 Å². The van der Waals surface area contributed by atoms with E-state index in [1.807, 2.05) is 30.3 Å². The van der Waals surface area contributed by atoms with Crippen molar-refractivity contribution in [2.24, 2.45) is 0 Å². The molecule has 0 aliphatic carbocycles. The van der Waals surface area contributed by atoms with Crippen LogP contribution in [-0.2, 0) is 25.5 Å². The molecule has 0 saturated carbocycles. The number of amides is 2. The van der Waals surface area contributed by atoms with Crippen molar-refractivity contribution in [2.45, 2.75) is 6.42 Å². The third kappa shape index (κ3) is 6.76. The molecule has 0 spiro atoms. The van der Waals surface area contributed by atoms with Gasteiger partial charge in [-0.1, -0.05) is 42.5 Å². The Labute approximate surface area is 190 Å². The average Bonchev–Trinajstić information content (AvgIpc) is 2.83. The Morgan fingerprint density at radius 2 is 1.39 bits per heavy atom. The lowest BCUT2D eigenvalue weighted by molar-refractivity contribution is -0.119. The maximum absolute atomic E-state index is 12.5. The van der Waals surface area contributed by atoms with E-state index < -0.39 is 24.5 Å². The van der Waals surface area contributed by atoms with Gasteiger partial charge >= 0.3 is 11.9 Å². The number of carbonyl (C=O) groups excluding carboxylic acids is 4. The molecule has 3 aromatic rings. The summed E-state index contributed by atoms with van der Waals surface area (Å²) in [5.74, 6) is -2.08. The van der Waals surface area contributed by atoms with Gasteiger partial charge in [0.15, 0.2) is 6.61 Å². The van der Waals surface area contributed by atoms with Crippen molar-refractivity contribution in [2.75, 3.05) is 24.4 Å². The van der Waals surface area contributed by atoms with Crippen molar-refractivity contribution in [3.63, 3.8) is 0 Å². The van der Waals surface area contributed by atoms with E-state index in [1.54, 1.807) is 18.2 Å². The molecule has 8 nitrogen and oxygen atoms in total. The van der Waals surface area contributed by atoms with Gasteiger partial charge < -0.3 is 20.1 Å². The number of nitrogens with one attached hydrogen (secondary N) is 2. The maximum atomic E-state index is 12.5. The molecule has 2 N–H and O–H groups in total. The quantitative estimate of drug-likeness (QED) is 0.513. The first-order valence-electron chi connectivity index (χ1n) is 10.0. The number of carbonyl (C=O) groups is 4. The van der Waals surface area contributed by atoms with Crippen molar-refractivity contribution < 1.29 is 28.7 Å². The van der Waals surface area contributed by atoms with E-state index in [-0.39, 0.29) is 17.9 Å². The summed E-state index contributed by atoms with van der Waals surface area (Å²) in [6.07, 6.45) is 0.154. The maximum Gasteiger partial charge on any atom is 0.340 e. The predicted octanol–water partition coefficient (Wildman–Crippen LogP) is 3.45. The molecule has 0 aliphatic heterocycles. The Morgan fingerprint density at radius 3 is 2.09 bits per heavy atom. The van der Waals surface area contributed by atoms with E-state index in [4.69, 9.17) is 4.74 Å². The number of ether oxygens (including phenoxy) is 2. The van der Waals surface area contributed by atoms with Crippen LogP contribution in [-0.4, -0.2) is 37.5 Å². The minimum atomic E-state index is -0.748. The lowest BCUT2D eigenvalue weighted by Gasteiger charge is -2.11. The molecule has 2 amide bonds. The van der Waals surface area contributed by atoms with E-state index >= 15 is 0 Å².